The van der Waals surface area contributed by atoms with Crippen molar-refractivity contribution in [2.75, 3.05) is 12.8 Å². The van der Waals surface area contributed by atoms with Gasteiger partial charge in [0.05, 0.1) is 26.8 Å². The maximum atomic E-state index is 14.1. The molecule has 1 aliphatic rings. The molecule has 42 heavy (non-hydrogen) atoms. The van der Waals surface area contributed by atoms with Crippen molar-refractivity contribution in [1.82, 2.24) is 10.2 Å². The highest BCUT2D eigenvalue weighted by Crippen LogP contribution is 2.35. The number of sulfone groups is 1. The highest BCUT2D eigenvalue weighted by atomic mass is 35.5. The van der Waals surface area contributed by atoms with Crippen LogP contribution in [0.25, 0.3) is 11.0 Å². The molecule has 2 heterocycles. The Hall–Kier alpha value is -3.93. The van der Waals surface area contributed by atoms with Gasteiger partial charge in [-0.25, -0.2) is 17.6 Å². The minimum absolute atomic E-state index is 0.0355. The molecule has 1 atom stereocenters. The summed E-state index contributed by atoms with van der Waals surface area (Å²) in [6.07, 6.45) is 2.36. The fraction of sp³-hybridized carbons (Fsp3) is 0.207. The van der Waals surface area contributed by atoms with E-state index in [4.69, 9.17) is 27.6 Å². The molecule has 0 fully saturated rings. The van der Waals surface area contributed by atoms with E-state index in [0.717, 1.165) is 29.8 Å². The molecular formula is C29H23Cl2FN2O7S. The van der Waals surface area contributed by atoms with Crippen LogP contribution >= 0.6 is 23.2 Å². The number of carbonyl (C=O) groups is 3. The lowest BCUT2D eigenvalue weighted by atomic mass is 9.95. The summed E-state index contributed by atoms with van der Waals surface area (Å²) in [5.41, 5.74) is 2.21. The number of fused-ring (bicyclic) bond motifs is 2. The number of benzene rings is 3. The lowest BCUT2D eigenvalue weighted by Crippen LogP contribution is -2.43. The van der Waals surface area contributed by atoms with Crippen molar-refractivity contribution in [2.24, 2.45) is 0 Å². The van der Waals surface area contributed by atoms with Crippen LogP contribution in [0.5, 0.6) is 0 Å². The van der Waals surface area contributed by atoms with Gasteiger partial charge in [0.25, 0.3) is 11.8 Å². The van der Waals surface area contributed by atoms with Gasteiger partial charge in [0.2, 0.25) is 0 Å². The van der Waals surface area contributed by atoms with Gasteiger partial charge in [-0.3, -0.25) is 9.59 Å². The van der Waals surface area contributed by atoms with E-state index in [1.165, 1.54) is 6.07 Å². The van der Waals surface area contributed by atoms with Crippen molar-refractivity contribution >= 4 is 61.8 Å². The van der Waals surface area contributed by atoms with Gasteiger partial charge in [-0.1, -0.05) is 29.3 Å². The average Bonchev–Trinajstić information content (AvgIpc) is 3.39. The van der Waals surface area contributed by atoms with Gasteiger partial charge in [0.15, 0.2) is 9.84 Å². The Kier molecular flexibility index (Phi) is 8.02. The number of carboxylic acid groups (broad SMARTS) is 1. The highest BCUT2D eigenvalue weighted by molar-refractivity contribution is 7.90. The fourth-order valence-electron chi connectivity index (χ4n) is 4.92. The summed E-state index contributed by atoms with van der Waals surface area (Å²) in [5.74, 6) is -3.38. The van der Waals surface area contributed by atoms with Crippen LogP contribution in [-0.4, -0.2) is 55.1 Å². The van der Waals surface area contributed by atoms with Crippen molar-refractivity contribution in [3.63, 3.8) is 0 Å². The van der Waals surface area contributed by atoms with E-state index in [1.807, 2.05) is 0 Å². The number of hydrogen-bond acceptors (Lipinski definition) is 6. The van der Waals surface area contributed by atoms with Crippen LogP contribution < -0.4 is 5.32 Å². The summed E-state index contributed by atoms with van der Waals surface area (Å²) in [6.45, 7) is 0.496. The third kappa shape index (κ3) is 5.99. The number of aliphatic carboxylic acids is 1. The Morgan fingerprint density at radius 2 is 1.88 bits per heavy atom. The number of halogens is 3. The molecule has 0 radical (unpaired) electrons. The molecule has 218 valence electrons. The summed E-state index contributed by atoms with van der Waals surface area (Å²) in [7, 11) is -3.76. The van der Waals surface area contributed by atoms with E-state index in [9.17, 15) is 32.3 Å². The second-order valence-electron chi connectivity index (χ2n) is 9.97. The lowest BCUT2D eigenvalue weighted by molar-refractivity contribution is -0.139. The van der Waals surface area contributed by atoms with Crippen LogP contribution in [0.4, 0.5) is 4.39 Å². The van der Waals surface area contributed by atoms with Crippen molar-refractivity contribution in [3.05, 3.63) is 98.5 Å². The monoisotopic (exact) mass is 632 g/mol. The van der Waals surface area contributed by atoms with Crippen LogP contribution in [0.15, 0.2) is 64.1 Å². The smallest absolute Gasteiger partial charge is 0.326 e. The van der Waals surface area contributed by atoms with Crippen molar-refractivity contribution in [2.45, 2.75) is 30.3 Å². The summed E-state index contributed by atoms with van der Waals surface area (Å²) < 4.78 is 43.2. The molecule has 0 bridgehead atoms. The van der Waals surface area contributed by atoms with Crippen LogP contribution in [-0.2, 0) is 34.0 Å². The Bertz CT molecular complexity index is 1870. The Labute approximate surface area is 249 Å². The second-order valence-corrected chi connectivity index (χ2v) is 12.8. The van der Waals surface area contributed by atoms with E-state index < -0.39 is 40.0 Å². The molecule has 9 nitrogen and oxygen atoms in total. The number of amides is 2. The molecule has 2 amide bonds. The summed E-state index contributed by atoms with van der Waals surface area (Å²) in [5, 5.41) is 13.0. The zero-order valence-electron chi connectivity index (χ0n) is 22.0. The van der Waals surface area contributed by atoms with Gasteiger partial charge in [-0.15, -0.1) is 0 Å². The SMILES string of the molecule is CS(=O)(=O)c1cc(F)cc(C[C@H](NC(=O)c2c(Cl)cc3c(c2Cl)CCN(C(=O)c2ccc4ccoc4c2)C3)C(=O)O)c1. The molecule has 4 aromatic rings. The molecule has 0 saturated carbocycles. The van der Waals surface area contributed by atoms with Crippen LogP contribution in [0, 0.1) is 5.82 Å². The maximum absolute atomic E-state index is 14.1. The van der Waals surface area contributed by atoms with E-state index >= 15 is 0 Å². The minimum Gasteiger partial charge on any atom is -0.480 e. The molecule has 1 aromatic heterocycles. The topological polar surface area (TPSA) is 134 Å². The van der Waals surface area contributed by atoms with Gasteiger partial charge < -0.3 is 19.7 Å². The van der Waals surface area contributed by atoms with Gasteiger partial charge >= 0.3 is 5.97 Å². The largest absolute Gasteiger partial charge is 0.480 e. The minimum atomic E-state index is -3.76. The number of rotatable bonds is 7. The Morgan fingerprint density at radius 3 is 2.60 bits per heavy atom. The van der Waals surface area contributed by atoms with Crippen molar-refractivity contribution in [1.29, 1.82) is 0 Å². The molecule has 1 aliphatic heterocycles. The number of nitrogens with zero attached hydrogens (tertiary/aromatic N) is 1. The second kappa shape index (κ2) is 11.4. The molecule has 13 heteroatoms. The summed E-state index contributed by atoms with van der Waals surface area (Å²) in [4.78, 5) is 39.7. The molecule has 0 aliphatic carbocycles. The van der Waals surface area contributed by atoms with E-state index in [2.05, 4.69) is 5.32 Å². The van der Waals surface area contributed by atoms with Gasteiger partial charge in [-0.05, 0) is 65.6 Å². The standard InChI is InChI=1S/C29H23Cl2FN2O7S/c1-42(39,40)20-9-15(8-19(32)13-20)10-23(29(37)38)33-27(35)25-22(30)11-18-14-34(6-4-21(18)26(25)31)28(36)17-3-2-16-5-7-41-24(16)12-17/h2-3,5,7-9,11-13,23H,4,6,10,14H2,1H3,(H,33,35)(H,37,38)/t23-/m0/s1. The number of furan rings is 1. The Balaban J connectivity index is 1.36. The zero-order chi connectivity index (χ0) is 30.3. The summed E-state index contributed by atoms with van der Waals surface area (Å²) >= 11 is 13.1. The Morgan fingerprint density at radius 1 is 1.12 bits per heavy atom. The van der Waals surface area contributed by atoms with E-state index in [1.54, 1.807) is 35.4 Å². The highest BCUT2D eigenvalue weighted by Gasteiger charge is 2.30. The molecule has 2 N–H and O–H groups in total. The predicted molar refractivity (Wildman–Crippen MR) is 153 cm³/mol. The maximum Gasteiger partial charge on any atom is 0.326 e. The first-order chi connectivity index (χ1) is 19.8. The van der Waals surface area contributed by atoms with Crippen molar-refractivity contribution < 1.29 is 36.7 Å². The molecular weight excluding hydrogens is 610 g/mol. The third-order valence-electron chi connectivity index (χ3n) is 7.02. The van der Waals surface area contributed by atoms with Gasteiger partial charge in [-0.2, -0.15) is 0 Å². The quantitative estimate of drug-likeness (QED) is 0.296. The number of nitrogens with one attached hydrogen (secondary N) is 1. The third-order valence-corrected chi connectivity index (χ3v) is 8.83. The zero-order valence-corrected chi connectivity index (χ0v) is 24.3. The normalized spacial score (nSPS) is 14.0. The first kappa shape index (κ1) is 29.6. The first-order valence-electron chi connectivity index (χ1n) is 12.6. The number of carboxylic acids is 1. The van der Waals surface area contributed by atoms with Crippen LogP contribution in [0.3, 0.4) is 0 Å². The molecule has 0 unspecified atom stereocenters. The molecule has 5 rings (SSSR count). The predicted octanol–water partition coefficient (Wildman–Crippen LogP) is 4.91. The van der Waals surface area contributed by atoms with Crippen LogP contribution in [0.1, 0.15) is 37.4 Å². The molecule has 3 aromatic carbocycles. The van der Waals surface area contributed by atoms with Gasteiger partial charge in [0.1, 0.15) is 17.4 Å². The average molecular weight is 633 g/mol. The van der Waals surface area contributed by atoms with Crippen molar-refractivity contribution in [3.8, 4) is 0 Å². The molecule has 0 spiro atoms. The first-order valence-corrected chi connectivity index (χ1v) is 15.3. The number of carbonyl (C=O) groups excluding carboxylic acids is 2. The lowest BCUT2D eigenvalue weighted by Gasteiger charge is -2.30. The van der Waals surface area contributed by atoms with E-state index in [-0.39, 0.29) is 38.5 Å². The molecule has 0 saturated heterocycles. The van der Waals surface area contributed by atoms with Crippen LogP contribution in [0.2, 0.25) is 10.0 Å². The fourth-order valence-corrected chi connectivity index (χ4v) is 6.38. The van der Waals surface area contributed by atoms with E-state index in [0.29, 0.717) is 35.2 Å². The summed E-state index contributed by atoms with van der Waals surface area (Å²) in [6, 6.07) is 9.93. The number of hydrogen-bond donors (Lipinski definition) is 2. The van der Waals surface area contributed by atoms with Gasteiger partial charge in [0, 0.05) is 36.7 Å².